The van der Waals surface area contributed by atoms with Gasteiger partial charge in [-0.3, -0.25) is 14.4 Å². The summed E-state index contributed by atoms with van der Waals surface area (Å²) in [4.78, 5) is 39.9. The number of aliphatic hydroxyl groups is 1. The number of nitrogens with zero attached hydrogens (tertiary/aromatic N) is 1. The van der Waals surface area contributed by atoms with Crippen molar-refractivity contribution in [3.8, 4) is 23.7 Å². The summed E-state index contributed by atoms with van der Waals surface area (Å²) in [6.07, 6.45) is 1.79. The maximum absolute atomic E-state index is 13.5. The number of hydrogen-bond acceptors (Lipinski definition) is 5. The smallest absolute Gasteiger partial charge is 0.251 e. The molecule has 0 bridgehead atoms. The Balaban J connectivity index is 1.32. The van der Waals surface area contributed by atoms with Crippen molar-refractivity contribution >= 4 is 17.7 Å². The molecule has 1 aromatic carbocycles. The molecule has 36 heavy (non-hydrogen) atoms. The molecule has 3 fully saturated rings. The second kappa shape index (κ2) is 12.0. The van der Waals surface area contributed by atoms with E-state index in [0.717, 1.165) is 18.4 Å². The van der Waals surface area contributed by atoms with Crippen molar-refractivity contribution in [2.24, 2.45) is 5.92 Å². The van der Waals surface area contributed by atoms with E-state index in [1.54, 1.807) is 29.2 Å². The van der Waals surface area contributed by atoms with Gasteiger partial charge in [-0.05, 0) is 55.4 Å². The van der Waals surface area contributed by atoms with Crippen LogP contribution in [0.3, 0.4) is 0 Å². The lowest BCUT2D eigenvalue weighted by molar-refractivity contribution is -0.133. The first-order chi connectivity index (χ1) is 17.4. The summed E-state index contributed by atoms with van der Waals surface area (Å²) in [6.45, 7) is 0.845. The lowest BCUT2D eigenvalue weighted by atomic mass is 10.1. The SMILES string of the molecule is O=C(NC[C@H]1C[C@@H](NC(=O)[C@@H]2C[C@H](F)CN2)CN1C(=O)C1CC1)c1ccc(C#CC#CCCO)cc1. The zero-order valence-electron chi connectivity index (χ0n) is 20.1. The topological polar surface area (TPSA) is 111 Å². The molecule has 1 aliphatic carbocycles. The lowest BCUT2D eigenvalue weighted by Crippen LogP contribution is -2.46. The Labute approximate surface area is 210 Å². The number of halogens is 1. The molecule has 0 radical (unpaired) electrons. The summed E-state index contributed by atoms with van der Waals surface area (Å²) in [6, 6.07) is 5.82. The van der Waals surface area contributed by atoms with Gasteiger partial charge in [0.05, 0.1) is 18.7 Å². The quantitative estimate of drug-likeness (QED) is 0.409. The largest absolute Gasteiger partial charge is 0.395 e. The van der Waals surface area contributed by atoms with Crippen molar-refractivity contribution in [3.63, 3.8) is 0 Å². The van der Waals surface area contributed by atoms with Crippen molar-refractivity contribution < 1.29 is 23.9 Å². The molecular formula is C27H31FN4O4. The number of aliphatic hydroxyl groups excluding tert-OH is 1. The Morgan fingerprint density at radius 1 is 1.14 bits per heavy atom. The molecule has 4 N–H and O–H groups in total. The molecule has 4 atom stereocenters. The van der Waals surface area contributed by atoms with Crippen LogP contribution in [0.4, 0.5) is 4.39 Å². The molecule has 2 heterocycles. The van der Waals surface area contributed by atoms with Crippen molar-refractivity contribution in [2.75, 3.05) is 26.2 Å². The summed E-state index contributed by atoms with van der Waals surface area (Å²) in [5.74, 6) is 10.6. The third-order valence-corrected chi connectivity index (χ3v) is 6.60. The lowest BCUT2D eigenvalue weighted by Gasteiger charge is -2.25. The number of carbonyl (C=O) groups is 3. The van der Waals surface area contributed by atoms with Gasteiger partial charge in [0.25, 0.3) is 5.91 Å². The Morgan fingerprint density at radius 3 is 2.58 bits per heavy atom. The molecule has 2 saturated heterocycles. The van der Waals surface area contributed by atoms with Crippen LogP contribution >= 0.6 is 0 Å². The van der Waals surface area contributed by atoms with Crippen LogP contribution in [0, 0.1) is 29.6 Å². The number of carbonyl (C=O) groups excluding carboxylic acids is 3. The molecule has 1 saturated carbocycles. The van der Waals surface area contributed by atoms with E-state index in [2.05, 4.69) is 39.6 Å². The van der Waals surface area contributed by atoms with Gasteiger partial charge in [0.2, 0.25) is 11.8 Å². The summed E-state index contributed by atoms with van der Waals surface area (Å²) < 4.78 is 13.5. The molecule has 3 amide bonds. The number of rotatable bonds is 7. The fourth-order valence-corrected chi connectivity index (χ4v) is 4.53. The standard InChI is InChI=1S/C27H31FN4O4/c28-21-13-24(29-15-21)26(35)31-22-14-23(32(17-22)27(36)20-10-11-20)16-30-25(34)19-8-6-18(7-9-19)5-3-1-2-4-12-33/h6-9,20-24,29,33H,4,10-17H2,(H,30,34)(H,31,35)/t21-,22+,23+,24-/m0/s1. The number of benzene rings is 1. The minimum absolute atomic E-state index is 0.0000704. The van der Waals surface area contributed by atoms with Crippen LogP contribution in [0.5, 0.6) is 0 Å². The predicted molar refractivity (Wildman–Crippen MR) is 131 cm³/mol. The van der Waals surface area contributed by atoms with Gasteiger partial charge in [-0.25, -0.2) is 4.39 Å². The second-order valence-electron chi connectivity index (χ2n) is 9.47. The highest BCUT2D eigenvalue weighted by molar-refractivity contribution is 5.94. The molecule has 2 aliphatic heterocycles. The van der Waals surface area contributed by atoms with E-state index in [4.69, 9.17) is 5.11 Å². The number of hydrogen-bond donors (Lipinski definition) is 4. The number of nitrogens with one attached hydrogen (secondary N) is 3. The first kappa shape index (κ1) is 25.7. The van der Waals surface area contributed by atoms with Crippen molar-refractivity contribution in [2.45, 2.75) is 56.4 Å². The van der Waals surface area contributed by atoms with Crippen LogP contribution in [-0.2, 0) is 9.59 Å². The maximum Gasteiger partial charge on any atom is 0.251 e. The molecule has 8 nitrogen and oxygen atoms in total. The third kappa shape index (κ3) is 6.84. The maximum atomic E-state index is 13.5. The summed E-state index contributed by atoms with van der Waals surface area (Å²) in [5.41, 5.74) is 1.19. The zero-order chi connectivity index (χ0) is 25.5. The van der Waals surface area contributed by atoms with E-state index in [0.29, 0.717) is 24.9 Å². The minimum atomic E-state index is -1.02. The van der Waals surface area contributed by atoms with E-state index < -0.39 is 12.2 Å². The average Bonchev–Trinajstić information content (AvgIpc) is 3.52. The van der Waals surface area contributed by atoms with Gasteiger partial charge < -0.3 is 26.0 Å². The van der Waals surface area contributed by atoms with E-state index in [9.17, 15) is 18.8 Å². The van der Waals surface area contributed by atoms with Gasteiger partial charge in [-0.1, -0.05) is 11.8 Å². The summed E-state index contributed by atoms with van der Waals surface area (Å²) in [5, 5.41) is 17.5. The summed E-state index contributed by atoms with van der Waals surface area (Å²) >= 11 is 0. The van der Waals surface area contributed by atoms with Gasteiger partial charge in [-0.15, -0.1) is 0 Å². The predicted octanol–water partition coefficient (Wildman–Crippen LogP) is 0.349. The summed E-state index contributed by atoms with van der Waals surface area (Å²) in [7, 11) is 0. The number of likely N-dealkylation sites (tertiary alicyclic amines) is 1. The molecule has 0 unspecified atom stereocenters. The average molecular weight is 495 g/mol. The van der Waals surface area contributed by atoms with Gasteiger partial charge >= 0.3 is 0 Å². The second-order valence-corrected chi connectivity index (χ2v) is 9.47. The molecule has 190 valence electrons. The van der Waals surface area contributed by atoms with Gasteiger partial charge in [0.1, 0.15) is 6.17 Å². The molecule has 9 heteroatoms. The Hall–Kier alpha value is -3.40. The van der Waals surface area contributed by atoms with Crippen LogP contribution in [0.2, 0.25) is 0 Å². The van der Waals surface area contributed by atoms with E-state index in [-0.39, 0.29) is 61.8 Å². The number of alkyl halides is 1. The van der Waals surface area contributed by atoms with Gasteiger partial charge in [-0.2, -0.15) is 0 Å². The molecule has 0 spiro atoms. The third-order valence-electron chi connectivity index (χ3n) is 6.60. The molecule has 4 rings (SSSR count). The Morgan fingerprint density at radius 2 is 1.92 bits per heavy atom. The first-order valence-corrected chi connectivity index (χ1v) is 12.4. The highest BCUT2D eigenvalue weighted by Crippen LogP contribution is 2.33. The fraction of sp³-hybridized carbons (Fsp3) is 0.519. The van der Waals surface area contributed by atoms with Gasteiger partial charge in [0, 0.05) is 55.6 Å². The van der Waals surface area contributed by atoms with Crippen molar-refractivity contribution in [3.05, 3.63) is 35.4 Å². The van der Waals surface area contributed by atoms with Crippen LogP contribution in [0.25, 0.3) is 0 Å². The highest BCUT2D eigenvalue weighted by Gasteiger charge is 2.42. The normalized spacial score (nSPS) is 24.8. The molecule has 1 aromatic rings. The van der Waals surface area contributed by atoms with E-state index in [1.807, 2.05) is 0 Å². The van der Waals surface area contributed by atoms with Crippen LogP contribution in [0.1, 0.15) is 48.0 Å². The molecule has 0 aromatic heterocycles. The van der Waals surface area contributed by atoms with Crippen LogP contribution in [0.15, 0.2) is 24.3 Å². The van der Waals surface area contributed by atoms with E-state index >= 15 is 0 Å². The Kier molecular flexibility index (Phi) is 8.58. The first-order valence-electron chi connectivity index (χ1n) is 12.4. The van der Waals surface area contributed by atoms with E-state index in [1.165, 1.54) is 0 Å². The number of amides is 3. The van der Waals surface area contributed by atoms with Crippen molar-refractivity contribution in [1.29, 1.82) is 0 Å². The highest BCUT2D eigenvalue weighted by atomic mass is 19.1. The van der Waals surface area contributed by atoms with Crippen LogP contribution in [-0.4, -0.2) is 78.3 Å². The van der Waals surface area contributed by atoms with Crippen LogP contribution < -0.4 is 16.0 Å². The zero-order valence-corrected chi connectivity index (χ0v) is 20.1. The monoisotopic (exact) mass is 494 g/mol. The Bertz CT molecular complexity index is 1100. The van der Waals surface area contributed by atoms with Gasteiger partial charge in [0.15, 0.2) is 0 Å². The van der Waals surface area contributed by atoms with Crippen molar-refractivity contribution in [1.82, 2.24) is 20.9 Å². The fourth-order valence-electron chi connectivity index (χ4n) is 4.53. The minimum Gasteiger partial charge on any atom is -0.395 e. The molecule has 3 aliphatic rings. The molecular weight excluding hydrogens is 463 g/mol.